The molecule has 0 spiro atoms. The van der Waals surface area contributed by atoms with Gasteiger partial charge in [-0.3, -0.25) is 0 Å². The zero-order chi connectivity index (χ0) is 7.11. The smallest absolute Gasteiger partial charge is 0.0345 e. The third-order valence-electron chi connectivity index (χ3n) is 1.22. The van der Waals surface area contributed by atoms with E-state index in [9.17, 15) is 0 Å². The molecule has 0 saturated heterocycles. The van der Waals surface area contributed by atoms with Crippen molar-refractivity contribution in [2.24, 2.45) is 5.11 Å². The van der Waals surface area contributed by atoms with Gasteiger partial charge in [-0.2, -0.15) is 0 Å². The highest BCUT2D eigenvalue weighted by Crippen LogP contribution is 2.02. The number of hydrogen-bond acceptors (Lipinski definition) is 1. The van der Waals surface area contributed by atoms with Crippen molar-refractivity contribution in [2.45, 2.75) is 39.2 Å². The Hall–Kier alpha value is -0.690. The van der Waals surface area contributed by atoms with E-state index < -0.39 is 0 Å². The molecule has 0 aliphatic heterocycles. The molecule has 0 amide bonds. The molecule has 0 aliphatic rings. The van der Waals surface area contributed by atoms with Gasteiger partial charge >= 0.3 is 0 Å². The molecule has 0 saturated carbocycles. The van der Waals surface area contributed by atoms with Crippen LogP contribution in [0.2, 0.25) is 0 Å². The number of unbranched alkanes of at least 4 members (excludes halogenated alkanes) is 1. The lowest BCUT2D eigenvalue weighted by atomic mass is 10.2. The van der Waals surface area contributed by atoms with Crippen molar-refractivity contribution in [1.29, 1.82) is 0 Å². The van der Waals surface area contributed by atoms with Gasteiger partial charge in [0.1, 0.15) is 0 Å². The van der Waals surface area contributed by atoms with Crippen molar-refractivity contribution in [3.63, 3.8) is 0 Å². The molecule has 0 bridgehead atoms. The monoisotopic (exact) mass is 127 g/mol. The summed E-state index contributed by atoms with van der Waals surface area (Å²) in [6.45, 7) is 4.07. The highest BCUT2D eigenvalue weighted by Gasteiger charge is 1.94. The first-order valence-corrected chi connectivity index (χ1v) is 3.35. The van der Waals surface area contributed by atoms with Crippen molar-refractivity contribution in [3.05, 3.63) is 10.4 Å². The van der Waals surface area contributed by atoms with Crippen LogP contribution < -0.4 is 0 Å². The Kier molecular flexibility index (Phi) is 5.03. The van der Waals surface area contributed by atoms with Gasteiger partial charge < -0.3 is 0 Å². The van der Waals surface area contributed by atoms with Crippen molar-refractivity contribution >= 4 is 0 Å². The van der Waals surface area contributed by atoms with Crippen molar-refractivity contribution < 1.29 is 0 Å². The van der Waals surface area contributed by atoms with E-state index in [1.807, 2.05) is 6.92 Å². The molecular formula is C6H13N3. The molecule has 9 heavy (non-hydrogen) atoms. The largest absolute Gasteiger partial charge is 0.0909 e. The van der Waals surface area contributed by atoms with Crippen LogP contribution in [-0.2, 0) is 0 Å². The SMILES string of the molecule is CCCCC(C)N=[N+]=[N-]. The minimum Gasteiger partial charge on any atom is -0.0909 e. The number of nitrogens with zero attached hydrogens (tertiary/aromatic N) is 3. The molecule has 3 heteroatoms. The van der Waals surface area contributed by atoms with Crippen LogP contribution in [-0.4, -0.2) is 6.04 Å². The fourth-order valence-corrected chi connectivity index (χ4v) is 0.645. The fourth-order valence-electron chi connectivity index (χ4n) is 0.645. The molecule has 1 atom stereocenters. The summed E-state index contributed by atoms with van der Waals surface area (Å²) in [6.07, 6.45) is 3.34. The zero-order valence-corrected chi connectivity index (χ0v) is 6.04. The van der Waals surface area contributed by atoms with Crippen LogP contribution in [0.15, 0.2) is 5.11 Å². The van der Waals surface area contributed by atoms with Gasteiger partial charge in [-0.15, -0.1) is 0 Å². The second-order valence-corrected chi connectivity index (χ2v) is 2.20. The van der Waals surface area contributed by atoms with Crippen LogP contribution >= 0.6 is 0 Å². The third kappa shape index (κ3) is 5.18. The average molecular weight is 127 g/mol. The maximum absolute atomic E-state index is 7.99. The van der Waals surface area contributed by atoms with Gasteiger partial charge in [-0.25, -0.2) is 0 Å². The summed E-state index contributed by atoms with van der Waals surface area (Å²) in [5.74, 6) is 0. The van der Waals surface area contributed by atoms with E-state index in [0.29, 0.717) is 0 Å². The summed E-state index contributed by atoms with van der Waals surface area (Å²) in [5.41, 5.74) is 7.99. The standard InChI is InChI=1S/C6H13N3/c1-3-4-5-6(2)8-9-7/h6H,3-5H2,1-2H3. The van der Waals surface area contributed by atoms with Crippen molar-refractivity contribution in [2.75, 3.05) is 0 Å². The van der Waals surface area contributed by atoms with Gasteiger partial charge in [0.25, 0.3) is 0 Å². The maximum atomic E-state index is 7.99. The van der Waals surface area contributed by atoms with E-state index in [1.165, 1.54) is 6.42 Å². The quantitative estimate of drug-likeness (QED) is 0.317. The molecular weight excluding hydrogens is 114 g/mol. The van der Waals surface area contributed by atoms with Crippen LogP contribution in [0.3, 0.4) is 0 Å². The van der Waals surface area contributed by atoms with Gasteiger partial charge in [0, 0.05) is 11.0 Å². The Morgan fingerprint density at radius 3 is 2.78 bits per heavy atom. The van der Waals surface area contributed by atoms with Gasteiger partial charge in [-0.1, -0.05) is 31.8 Å². The minimum absolute atomic E-state index is 0.176. The second kappa shape index (κ2) is 5.45. The maximum Gasteiger partial charge on any atom is 0.0345 e. The van der Waals surface area contributed by atoms with Gasteiger partial charge in [0.15, 0.2) is 0 Å². The van der Waals surface area contributed by atoms with Crippen LogP contribution in [0.25, 0.3) is 10.4 Å². The van der Waals surface area contributed by atoms with E-state index in [2.05, 4.69) is 16.9 Å². The Morgan fingerprint density at radius 2 is 2.33 bits per heavy atom. The predicted octanol–water partition coefficient (Wildman–Crippen LogP) is 2.88. The normalized spacial score (nSPS) is 12.2. The molecule has 0 heterocycles. The second-order valence-electron chi connectivity index (χ2n) is 2.20. The number of rotatable bonds is 4. The van der Waals surface area contributed by atoms with E-state index in [0.717, 1.165) is 12.8 Å². The van der Waals surface area contributed by atoms with Crippen LogP contribution in [0.4, 0.5) is 0 Å². The average Bonchev–Trinajstić information content (AvgIpc) is 1.85. The Bertz CT molecular complexity index is 105. The number of azide groups is 1. The minimum atomic E-state index is 0.176. The molecule has 0 N–H and O–H groups in total. The van der Waals surface area contributed by atoms with Crippen molar-refractivity contribution in [1.82, 2.24) is 0 Å². The summed E-state index contributed by atoms with van der Waals surface area (Å²) < 4.78 is 0. The van der Waals surface area contributed by atoms with Crippen LogP contribution in [0.5, 0.6) is 0 Å². The lowest BCUT2D eigenvalue weighted by molar-refractivity contribution is 0.613. The summed E-state index contributed by atoms with van der Waals surface area (Å²) in [6, 6.07) is 0.176. The van der Waals surface area contributed by atoms with E-state index in [4.69, 9.17) is 5.53 Å². The highest BCUT2D eigenvalue weighted by atomic mass is 15.1. The molecule has 0 aromatic heterocycles. The fraction of sp³-hybridized carbons (Fsp3) is 1.00. The highest BCUT2D eigenvalue weighted by molar-refractivity contribution is 4.59. The Balaban J connectivity index is 3.26. The van der Waals surface area contributed by atoms with Gasteiger partial charge in [0.2, 0.25) is 0 Å². The van der Waals surface area contributed by atoms with Gasteiger partial charge in [0.05, 0.1) is 0 Å². The summed E-state index contributed by atoms with van der Waals surface area (Å²) in [5, 5.41) is 3.54. The lowest BCUT2D eigenvalue weighted by Gasteiger charge is -1.99. The first-order chi connectivity index (χ1) is 4.31. The summed E-state index contributed by atoms with van der Waals surface area (Å²) in [7, 11) is 0. The molecule has 0 aromatic carbocycles. The van der Waals surface area contributed by atoms with Crippen LogP contribution in [0, 0.1) is 0 Å². The Labute approximate surface area is 55.7 Å². The van der Waals surface area contributed by atoms with E-state index >= 15 is 0 Å². The summed E-state index contributed by atoms with van der Waals surface area (Å²) in [4.78, 5) is 2.71. The summed E-state index contributed by atoms with van der Waals surface area (Å²) >= 11 is 0. The first kappa shape index (κ1) is 8.31. The Morgan fingerprint density at radius 1 is 1.67 bits per heavy atom. The molecule has 0 aliphatic carbocycles. The third-order valence-corrected chi connectivity index (χ3v) is 1.22. The van der Waals surface area contributed by atoms with E-state index in [-0.39, 0.29) is 6.04 Å². The van der Waals surface area contributed by atoms with Crippen LogP contribution in [0.1, 0.15) is 33.1 Å². The van der Waals surface area contributed by atoms with Crippen molar-refractivity contribution in [3.8, 4) is 0 Å². The van der Waals surface area contributed by atoms with Gasteiger partial charge in [-0.05, 0) is 12.0 Å². The topological polar surface area (TPSA) is 48.8 Å². The van der Waals surface area contributed by atoms with E-state index in [1.54, 1.807) is 0 Å². The molecule has 1 unspecified atom stereocenters. The lowest BCUT2D eigenvalue weighted by Crippen LogP contribution is -1.94. The molecule has 0 fully saturated rings. The molecule has 52 valence electrons. The molecule has 0 rings (SSSR count). The molecule has 3 nitrogen and oxygen atoms in total. The molecule has 0 aromatic rings. The predicted molar refractivity (Wildman–Crippen MR) is 38.1 cm³/mol. The first-order valence-electron chi connectivity index (χ1n) is 3.35. The zero-order valence-electron chi connectivity index (χ0n) is 6.04. The molecule has 0 radical (unpaired) electrons. The number of hydrogen-bond donors (Lipinski definition) is 0.